The van der Waals surface area contributed by atoms with Gasteiger partial charge in [0.1, 0.15) is 6.29 Å². The van der Waals surface area contributed by atoms with Gasteiger partial charge < -0.3 is 9.84 Å². The molecule has 16 heavy (non-hydrogen) atoms. The molecule has 0 amide bonds. The Morgan fingerprint density at radius 1 is 1.56 bits per heavy atom. The molecule has 0 aliphatic rings. The molecule has 0 aliphatic carbocycles. The number of hydrogen-bond donors (Lipinski definition) is 1. The fourth-order valence-corrected chi connectivity index (χ4v) is 1.15. The van der Waals surface area contributed by atoms with E-state index < -0.39 is 0 Å². The minimum absolute atomic E-state index is 0.157. The molecular weight excluding hydrogens is 206 g/mol. The van der Waals surface area contributed by atoms with Crippen molar-refractivity contribution in [3.63, 3.8) is 0 Å². The first kappa shape index (κ1) is 11.6. The van der Waals surface area contributed by atoms with E-state index in [9.17, 15) is 9.90 Å². The zero-order chi connectivity index (χ0) is 12.0. The van der Waals surface area contributed by atoms with Crippen molar-refractivity contribution in [1.82, 2.24) is 0 Å². The lowest BCUT2D eigenvalue weighted by molar-refractivity contribution is 0.112. The maximum atomic E-state index is 10.6. The van der Waals surface area contributed by atoms with Crippen LogP contribution in [0.3, 0.4) is 0 Å². The molecule has 80 valence electrons. The summed E-state index contributed by atoms with van der Waals surface area (Å²) in [6.45, 7) is 2.12. The highest BCUT2D eigenvalue weighted by Gasteiger charge is 2.09. The molecule has 0 bridgehead atoms. The van der Waals surface area contributed by atoms with Crippen LogP contribution in [0.2, 0.25) is 0 Å². The Morgan fingerprint density at radius 3 is 2.88 bits per heavy atom. The molecular formula is C12H9NO3. The van der Waals surface area contributed by atoms with E-state index in [1.165, 1.54) is 12.1 Å². The summed E-state index contributed by atoms with van der Waals surface area (Å²) in [5.74, 6) is 4.62. The lowest BCUT2D eigenvalue weighted by atomic mass is 10.1. The molecule has 1 aromatic rings. The summed E-state index contributed by atoms with van der Waals surface area (Å²) < 4.78 is 5.14. The molecule has 1 rings (SSSR count). The van der Waals surface area contributed by atoms with Crippen LogP contribution in [-0.2, 0) is 0 Å². The van der Waals surface area contributed by atoms with Gasteiger partial charge in [0, 0.05) is 11.5 Å². The zero-order valence-corrected chi connectivity index (χ0v) is 8.65. The van der Waals surface area contributed by atoms with E-state index in [1.54, 1.807) is 13.0 Å². The topological polar surface area (TPSA) is 70.3 Å². The van der Waals surface area contributed by atoms with E-state index in [0.29, 0.717) is 18.5 Å². The summed E-state index contributed by atoms with van der Waals surface area (Å²) >= 11 is 0. The zero-order valence-electron chi connectivity index (χ0n) is 8.65. The summed E-state index contributed by atoms with van der Waals surface area (Å²) in [6.07, 6.45) is 0.625. The molecule has 0 fully saturated rings. The van der Waals surface area contributed by atoms with E-state index in [-0.39, 0.29) is 17.1 Å². The van der Waals surface area contributed by atoms with Crippen molar-refractivity contribution < 1.29 is 14.6 Å². The van der Waals surface area contributed by atoms with Gasteiger partial charge in [0.05, 0.1) is 12.2 Å². The minimum atomic E-state index is -0.157. The van der Waals surface area contributed by atoms with Crippen LogP contribution in [-0.4, -0.2) is 18.0 Å². The first-order valence-electron chi connectivity index (χ1n) is 4.58. The van der Waals surface area contributed by atoms with Gasteiger partial charge in [-0.15, -0.1) is 0 Å². The van der Waals surface area contributed by atoms with Crippen molar-refractivity contribution in [2.75, 3.05) is 6.61 Å². The molecule has 1 N–H and O–H groups in total. The maximum Gasteiger partial charge on any atom is 0.173 e. The quantitative estimate of drug-likeness (QED) is 0.612. The van der Waals surface area contributed by atoms with Gasteiger partial charge in [-0.1, -0.05) is 0 Å². The molecule has 0 aromatic heterocycles. The van der Waals surface area contributed by atoms with E-state index in [2.05, 4.69) is 11.8 Å². The first-order chi connectivity index (χ1) is 7.72. The maximum absolute atomic E-state index is 10.6. The number of hydrogen-bond acceptors (Lipinski definition) is 4. The van der Waals surface area contributed by atoms with Gasteiger partial charge in [0.2, 0.25) is 0 Å². The summed E-state index contributed by atoms with van der Waals surface area (Å²) in [7, 11) is 0. The number of carbonyl (C=O) groups is 1. The monoisotopic (exact) mass is 215 g/mol. The Hall–Kier alpha value is -2.46. The van der Waals surface area contributed by atoms with Crippen LogP contribution < -0.4 is 4.74 Å². The second-order valence-corrected chi connectivity index (χ2v) is 2.83. The largest absolute Gasteiger partial charge is 0.503 e. The number of aldehydes is 1. The average molecular weight is 215 g/mol. The molecule has 0 spiro atoms. The third kappa shape index (κ3) is 2.52. The van der Waals surface area contributed by atoms with Crippen molar-refractivity contribution in [3.8, 4) is 29.4 Å². The fraction of sp³-hybridized carbons (Fsp3) is 0.167. The number of ether oxygens (including phenoxy) is 1. The molecule has 1 aromatic carbocycles. The average Bonchev–Trinajstić information content (AvgIpc) is 2.30. The molecule has 0 saturated heterocycles. The Bertz CT molecular complexity index is 503. The predicted molar refractivity (Wildman–Crippen MR) is 57.2 cm³/mol. The number of phenolic OH excluding ortho intramolecular Hbond substituents is 1. The minimum Gasteiger partial charge on any atom is -0.503 e. The predicted octanol–water partition coefficient (Wildman–Crippen LogP) is 1.48. The number of carbonyl (C=O) groups excluding carboxylic acids is 1. The van der Waals surface area contributed by atoms with Crippen LogP contribution in [0.1, 0.15) is 22.8 Å². The molecule has 0 saturated carbocycles. The Morgan fingerprint density at radius 2 is 2.31 bits per heavy atom. The number of nitriles is 1. The third-order valence-electron chi connectivity index (χ3n) is 1.79. The SMILES string of the molecule is CCOc1cc(C=O)cc(C#CC#N)c1O. The van der Waals surface area contributed by atoms with Crippen LogP contribution in [0.15, 0.2) is 12.1 Å². The summed E-state index contributed by atoms with van der Waals surface area (Å²) in [6, 6.07) is 4.45. The van der Waals surface area contributed by atoms with E-state index >= 15 is 0 Å². The van der Waals surface area contributed by atoms with Gasteiger partial charge in [0.25, 0.3) is 0 Å². The van der Waals surface area contributed by atoms with Crippen LogP contribution in [0.5, 0.6) is 11.5 Å². The lowest BCUT2D eigenvalue weighted by Crippen LogP contribution is -1.95. The van der Waals surface area contributed by atoms with Crippen molar-refractivity contribution >= 4 is 6.29 Å². The highest BCUT2D eigenvalue weighted by molar-refractivity contribution is 5.78. The summed E-state index contributed by atoms with van der Waals surface area (Å²) in [5.41, 5.74) is 0.540. The Balaban J connectivity index is 3.31. The van der Waals surface area contributed by atoms with Gasteiger partial charge in [-0.2, -0.15) is 5.26 Å². The van der Waals surface area contributed by atoms with Gasteiger partial charge in [-0.25, -0.2) is 0 Å². The Labute approximate surface area is 93.1 Å². The molecule has 0 radical (unpaired) electrons. The van der Waals surface area contributed by atoms with E-state index in [1.807, 2.05) is 0 Å². The number of nitrogens with zero attached hydrogens (tertiary/aromatic N) is 1. The standard InChI is InChI=1S/C12H9NO3/c1-2-16-11-7-9(8-14)6-10(12(11)15)4-3-5-13/h6-8,15H,2H2,1H3. The molecule has 0 heterocycles. The molecule has 4 nitrogen and oxygen atoms in total. The van der Waals surface area contributed by atoms with Gasteiger partial charge in [0.15, 0.2) is 17.6 Å². The highest BCUT2D eigenvalue weighted by atomic mass is 16.5. The van der Waals surface area contributed by atoms with Crippen molar-refractivity contribution in [2.24, 2.45) is 0 Å². The second kappa shape index (κ2) is 5.43. The number of rotatable bonds is 3. The normalized spacial score (nSPS) is 8.50. The van der Waals surface area contributed by atoms with Crippen molar-refractivity contribution in [2.45, 2.75) is 6.92 Å². The third-order valence-corrected chi connectivity index (χ3v) is 1.79. The lowest BCUT2D eigenvalue weighted by Gasteiger charge is -2.07. The van der Waals surface area contributed by atoms with Crippen molar-refractivity contribution in [3.05, 3.63) is 23.3 Å². The molecule has 0 unspecified atom stereocenters. The second-order valence-electron chi connectivity index (χ2n) is 2.83. The van der Waals surface area contributed by atoms with Crippen LogP contribution in [0.4, 0.5) is 0 Å². The van der Waals surface area contributed by atoms with Crippen LogP contribution in [0.25, 0.3) is 0 Å². The molecule has 4 heteroatoms. The molecule has 0 atom stereocenters. The summed E-state index contributed by atoms with van der Waals surface area (Å²) in [5, 5.41) is 18.0. The fourth-order valence-electron chi connectivity index (χ4n) is 1.15. The first-order valence-corrected chi connectivity index (χ1v) is 4.58. The van der Waals surface area contributed by atoms with Gasteiger partial charge in [-0.05, 0) is 25.0 Å². The smallest absolute Gasteiger partial charge is 0.173 e. The van der Waals surface area contributed by atoms with Crippen LogP contribution in [0, 0.1) is 23.2 Å². The van der Waals surface area contributed by atoms with Crippen LogP contribution >= 0.6 is 0 Å². The van der Waals surface area contributed by atoms with Gasteiger partial charge in [-0.3, -0.25) is 4.79 Å². The van der Waals surface area contributed by atoms with Crippen molar-refractivity contribution in [1.29, 1.82) is 5.26 Å². The number of aromatic hydroxyl groups is 1. The van der Waals surface area contributed by atoms with Gasteiger partial charge >= 0.3 is 0 Å². The number of phenols is 1. The number of benzene rings is 1. The van der Waals surface area contributed by atoms with E-state index in [0.717, 1.165) is 0 Å². The summed E-state index contributed by atoms with van der Waals surface area (Å²) in [4.78, 5) is 10.6. The Kier molecular flexibility index (Phi) is 3.94. The van der Waals surface area contributed by atoms with E-state index in [4.69, 9.17) is 10.00 Å². The highest BCUT2D eigenvalue weighted by Crippen LogP contribution is 2.30. The molecule has 0 aliphatic heterocycles.